The lowest BCUT2D eigenvalue weighted by Gasteiger charge is -2.37. The third-order valence-electron chi connectivity index (χ3n) is 4.01. The van der Waals surface area contributed by atoms with Gasteiger partial charge in [0.25, 0.3) is 0 Å². The van der Waals surface area contributed by atoms with Gasteiger partial charge in [-0.15, -0.1) is 0 Å². The van der Waals surface area contributed by atoms with Crippen molar-refractivity contribution in [2.45, 2.75) is 77.2 Å². The minimum Gasteiger partial charge on any atom is -0.300 e. The van der Waals surface area contributed by atoms with E-state index in [1.807, 2.05) is 0 Å². The van der Waals surface area contributed by atoms with Crippen LogP contribution in [0.5, 0.6) is 0 Å². The van der Waals surface area contributed by atoms with Crippen LogP contribution in [-0.4, -0.2) is 29.4 Å². The van der Waals surface area contributed by atoms with E-state index in [9.17, 15) is 0 Å². The second-order valence-electron chi connectivity index (χ2n) is 5.43. The molecule has 0 unspecified atom stereocenters. The van der Waals surface area contributed by atoms with Crippen LogP contribution >= 0.6 is 15.9 Å². The SMILES string of the molecule is CCCCCCCCCN(CCBr)C1CCC1. The molecule has 0 atom stereocenters. The fraction of sp³-hybridized carbons (Fsp3) is 1.00. The summed E-state index contributed by atoms with van der Waals surface area (Å²) in [4.78, 5) is 2.71. The van der Waals surface area contributed by atoms with Crippen molar-refractivity contribution in [3.63, 3.8) is 0 Å². The van der Waals surface area contributed by atoms with Crippen LogP contribution in [0, 0.1) is 0 Å². The van der Waals surface area contributed by atoms with E-state index in [0.717, 1.165) is 11.4 Å². The molecule has 102 valence electrons. The Balaban J connectivity index is 1.94. The van der Waals surface area contributed by atoms with Crippen molar-refractivity contribution in [2.75, 3.05) is 18.4 Å². The van der Waals surface area contributed by atoms with Gasteiger partial charge in [-0.3, -0.25) is 4.90 Å². The highest BCUT2D eigenvalue weighted by Crippen LogP contribution is 2.25. The third-order valence-corrected chi connectivity index (χ3v) is 4.37. The maximum atomic E-state index is 3.58. The summed E-state index contributed by atoms with van der Waals surface area (Å²) in [6.45, 7) is 4.88. The molecular weight excluding hydrogens is 274 g/mol. The first-order chi connectivity index (χ1) is 8.38. The summed E-state index contributed by atoms with van der Waals surface area (Å²) in [7, 11) is 0. The second kappa shape index (κ2) is 10.4. The van der Waals surface area contributed by atoms with E-state index >= 15 is 0 Å². The maximum absolute atomic E-state index is 3.58. The van der Waals surface area contributed by atoms with Crippen LogP contribution in [0.2, 0.25) is 0 Å². The van der Waals surface area contributed by atoms with Crippen LogP contribution < -0.4 is 0 Å². The molecule has 0 radical (unpaired) electrons. The number of halogens is 1. The molecule has 0 spiro atoms. The molecule has 0 aromatic heterocycles. The molecule has 0 aliphatic heterocycles. The summed E-state index contributed by atoms with van der Waals surface area (Å²) in [5.41, 5.74) is 0. The zero-order valence-electron chi connectivity index (χ0n) is 11.6. The van der Waals surface area contributed by atoms with Crippen molar-refractivity contribution >= 4 is 15.9 Å². The minimum atomic E-state index is 0.924. The Labute approximate surface area is 116 Å². The lowest BCUT2D eigenvalue weighted by Crippen LogP contribution is -2.41. The molecule has 1 fully saturated rings. The van der Waals surface area contributed by atoms with E-state index in [4.69, 9.17) is 0 Å². The average molecular weight is 304 g/mol. The highest BCUT2D eigenvalue weighted by atomic mass is 79.9. The fourth-order valence-electron chi connectivity index (χ4n) is 2.61. The van der Waals surface area contributed by atoms with E-state index in [1.165, 1.54) is 77.3 Å². The molecule has 0 amide bonds. The van der Waals surface area contributed by atoms with Crippen molar-refractivity contribution in [1.29, 1.82) is 0 Å². The zero-order chi connectivity index (χ0) is 12.3. The van der Waals surface area contributed by atoms with Gasteiger partial charge in [-0.1, -0.05) is 67.8 Å². The first kappa shape index (κ1) is 15.5. The second-order valence-corrected chi connectivity index (χ2v) is 6.22. The molecule has 0 N–H and O–H groups in total. The lowest BCUT2D eigenvalue weighted by molar-refractivity contribution is 0.133. The van der Waals surface area contributed by atoms with Crippen LogP contribution in [-0.2, 0) is 0 Å². The molecule has 1 rings (SSSR count). The smallest absolute Gasteiger partial charge is 0.0159 e. The zero-order valence-corrected chi connectivity index (χ0v) is 13.2. The molecule has 0 saturated heterocycles. The lowest BCUT2D eigenvalue weighted by atomic mass is 9.91. The van der Waals surface area contributed by atoms with Crippen LogP contribution in [0.3, 0.4) is 0 Å². The van der Waals surface area contributed by atoms with Crippen molar-refractivity contribution in [3.8, 4) is 0 Å². The van der Waals surface area contributed by atoms with Gasteiger partial charge in [-0.2, -0.15) is 0 Å². The third kappa shape index (κ3) is 6.81. The van der Waals surface area contributed by atoms with Crippen molar-refractivity contribution in [3.05, 3.63) is 0 Å². The summed E-state index contributed by atoms with van der Waals surface area (Å²) in [6.07, 6.45) is 14.4. The largest absolute Gasteiger partial charge is 0.300 e. The maximum Gasteiger partial charge on any atom is 0.0159 e. The highest BCUT2D eigenvalue weighted by Gasteiger charge is 2.23. The molecule has 0 heterocycles. The molecule has 17 heavy (non-hydrogen) atoms. The van der Waals surface area contributed by atoms with Gasteiger partial charge in [0.15, 0.2) is 0 Å². The van der Waals surface area contributed by atoms with Crippen LogP contribution in [0.25, 0.3) is 0 Å². The monoisotopic (exact) mass is 303 g/mol. The average Bonchev–Trinajstić information content (AvgIpc) is 2.25. The Morgan fingerprint density at radius 2 is 1.59 bits per heavy atom. The van der Waals surface area contributed by atoms with Gasteiger partial charge in [0.05, 0.1) is 0 Å². The highest BCUT2D eigenvalue weighted by molar-refractivity contribution is 9.09. The first-order valence-electron chi connectivity index (χ1n) is 7.68. The van der Waals surface area contributed by atoms with Crippen molar-refractivity contribution < 1.29 is 0 Å². The predicted molar refractivity (Wildman–Crippen MR) is 81.0 cm³/mol. The van der Waals surface area contributed by atoms with E-state index in [1.54, 1.807) is 0 Å². The predicted octanol–water partition coefficient (Wildman–Crippen LogP) is 4.99. The summed E-state index contributed by atoms with van der Waals surface area (Å²) in [5, 5.41) is 1.14. The van der Waals surface area contributed by atoms with E-state index in [2.05, 4.69) is 27.8 Å². The molecule has 1 saturated carbocycles. The van der Waals surface area contributed by atoms with Gasteiger partial charge in [0.2, 0.25) is 0 Å². The Kier molecular flexibility index (Phi) is 9.45. The molecule has 1 aliphatic rings. The Morgan fingerprint density at radius 3 is 2.12 bits per heavy atom. The van der Waals surface area contributed by atoms with E-state index in [-0.39, 0.29) is 0 Å². The summed E-state index contributed by atoms with van der Waals surface area (Å²) >= 11 is 3.58. The van der Waals surface area contributed by atoms with Crippen LogP contribution in [0.1, 0.15) is 71.1 Å². The van der Waals surface area contributed by atoms with E-state index < -0.39 is 0 Å². The van der Waals surface area contributed by atoms with Gasteiger partial charge in [-0.25, -0.2) is 0 Å². The summed E-state index contributed by atoms with van der Waals surface area (Å²) in [5.74, 6) is 0. The van der Waals surface area contributed by atoms with Crippen molar-refractivity contribution in [2.24, 2.45) is 0 Å². The summed E-state index contributed by atoms with van der Waals surface area (Å²) < 4.78 is 0. The van der Waals surface area contributed by atoms with Gasteiger partial charge < -0.3 is 0 Å². The first-order valence-corrected chi connectivity index (χ1v) is 8.80. The molecule has 0 aromatic carbocycles. The topological polar surface area (TPSA) is 3.24 Å². The molecule has 1 aliphatic carbocycles. The van der Waals surface area contributed by atoms with Gasteiger partial charge in [-0.05, 0) is 25.8 Å². The number of nitrogens with zero attached hydrogens (tertiary/aromatic N) is 1. The van der Waals surface area contributed by atoms with E-state index in [0.29, 0.717) is 0 Å². The Hall–Kier alpha value is 0.440. The van der Waals surface area contributed by atoms with Crippen LogP contribution in [0.15, 0.2) is 0 Å². The Bertz CT molecular complexity index is 168. The van der Waals surface area contributed by atoms with Gasteiger partial charge in [0, 0.05) is 17.9 Å². The number of alkyl halides is 1. The normalized spacial score (nSPS) is 16.4. The molecular formula is C15H30BrN. The number of hydrogen-bond acceptors (Lipinski definition) is 1. The van der Waals surface area contributed by atoms with Crippen molar-refractivity contribution in [1.82, 2.24) is 4.90 Å². The quantitative estimate of drug-likeness (QED) is 0.384. The number of hydrogen-bond donors (Lipinski definition) is 0. The minimum absolute atomic E-state index is 0.924. The van der Waals surface area contributed by atoms with Crippen LogP contribution in [0.4, 0.5) is 0 Å². The molecule has 2 heteroatoms. The fourth-order valence-corrected chi connectivity index (χ4v) is 3.06. The van der Waals surface area contributed by atoms with Gasteiger partial charge >= 0.3 is 0 Å². The number of unbranched alkanes of at least 4 members (excludes halogenated alkanes) is 6. The molecule has 1 nitrogen and oxygen atoms in total. The standard InChI is InChI=1S/C15H30BrN/c1-2-3-4-5-6-7-8-13-17(14-12-16)15-10-9-11-15/h15H,2-14H2,1H3. The Morgan fingerprint density at radius 1 is 0.941 bits per heavy atom. The summed E-state index contributed by atoms with van der Waals surface area (Å²) in [6, 6.07) is 0.924. The van der Waals surface area contributed by atoms with Gasteiger partial charge in [0.1, 0.15) is 0 Å². The molecule has 0 aromatic rings. The molecule has 0 bridgehead atoms. The number of rotatable bonds is 11.